The molecule has 0 heterocycles. The number of nitrogens with one attached hydrogen (secondary N) is 1. The van der Waals surface area contributed by atoms with Gasteiger partial charge in [-0.2, -0.15) is 0 Å². The fourth-order valence-electron chi connectivity index (χ4n) is 1.75. The van der Waals surface area contributed by atoms with Gasteiger partial charge in [-0.15, -0.1) is 0 Å². The van der Waals surface area contributed by atoms with Crippen LogP contribution in [0.4, 0.5) is 10.1 Å². The first-order valence-corrected chi connectivity index (χ1v) is 6.99. The number of ether oxygens (including phenoxy) is 1. The molecular formula is C16H17ClFNO2. The molecule has 0 aliphatic rings. The lowest BCUT2D eigenvalue weighted by atomic mass is 10.2. The maximum Gasteiger partial charge on any atom is 0.165 e. The van der Waals surface area contributed by atoms with Crippen LogP contribution >= 0.6 is 11.6 Å². The average molecular weight is 310 g/mol. The van der Waals surface area contributed by atoms with Crippen LogP contribution in [0.3, 0.4) is 0 Å². The predicted molar refractivity (Wildman–Crippen MR) is 82.6 cm³/mol. The van der Waals surface area contributed by atoms with E-state index >= 15 is 0 Å². The molecule has 0 radical (unpaired) electrons. The van der Waals surface area contributed by atoms with Crippen molar-refractivity contribution in [3.8, 4) is 5.75 Å². The van der Waals surface area contributed by atoms with Crippen molar-refractivity contribution >= 4 is 17.3 Å². The second-order valence-corrected chi connectivity index (χ2v) is 5.15. The number of rotatable bonds is 6. The molecule has 1 atom stereocenters. The van der Waals surface area contributed by atoms with Gasteiger partial charge in [-0.05, 0) is 36.8 Å². The third kappa shape index (κ3) is 4.62. The Bertz CT molecular complexity index is 607. The molecule has 5 heteroatoms. The summed E-state index contributed by atoms with van der Waals surface area (Å²) in [6.07, 6.45) is -0.760. The number of aryl methyl sites for hydroxylation is 1. The summed E-state index contributed by atoms with van der Waals surface area (Å²) >= 11 is 6.02. The molecule has 0 fully saturated rings. The molecule has 112 valence electrons. The highest BCUT2D eigenvalue weighted by molar-refractivity contribution is 6.31. The molecule has 0 saturated carbocycles. The fourth-order valence-corrected chi connectivity index (χ4v) is 1.93. The minimum absolute atomic E-state index is 0.00747. The summed E-state index contributed by atoms with van der Waals surface area (Å²) in [4.78, 5) is 0. The Balaban J connectivity index is 1.81. The minimum atomic E-state index is -0.760. The van der Waals surface area contributed by atoms with E-state index in [0.717, 1.165) is 11.3 Å². The number of para-hydroxylation sites is 1. The van der Waals surface area contributed by atoms with Crippen molar-refractivity contribution in [1.29, 1.82) is 0 Å². The molecule has 2 aromatic carbocycles. The smallest absolute Gasteiger partial charge is 0.165 e. The SMILES string of the molecule is Cc1ccc(NCC(O)COc2ccccc2F)cc1Cl. The Hall–Kier alpha value is -1.78. The number of halogens is 2. The summed E-state index contributed by atoms with van der Waals surface area (Å²) in [6.45, 7) is 2.21. The summed E-state index contributed by atoms with van der Waals surface area (Å²) in [5.74, 6) is -0.307. The monoisotopic (exact) mass is 309 g/mol. The Morgan fingerprint density at radius 3 is 2.76 bits per heavy atom. The van der Waals surface area contributed by atoms with Gasteiger partial charge in [0.15, 0.2) is 11.6 Å². The van der Waals surface area contributed by atoms with Crippen LogP contribution in [-0.2, 0) is 0 Å². The van der Waals surface area contributed by atoms with E-state index in [1.807, 2.05) is 19.1 Å². The first kappa shape index (κ1) is 15.6. The van der Waals surface area contributed by atoms with Gasteiger partial charge in [0.1, 0.15) is 12.7 Å². The molecule has 1 unspecified atom stereocenters. The Labute approximate surface area is 128 Å². The van der Waals surface area contributed by atoms with E-state index in [-0.39, 0.29) is 18.9 Å². The maximum absolute atomic E-state index is 13.3. The number of benzene rings is 2. The fraction of sp³-hybridized carbons (Fsp3) is 0.250. The lowest BCUT2D eigenvalue weighted by Crippen LogP contribution is -2.26. The third-order valence-corrected chi connectivity index (χ3v) is 3.39. The van der Waals surface area contributed by atoms with Gasteiger partial charge in [0.2, 0.25) is 0 Å². The van der Waals surface area contributed by atoms with Crippen molar-refractivity contribution in [2.24, 2.45) is 0 Å². The summed E-state index contributed by atoms with van der Waals surface area (Å²) in [5, 5.41) is 13.6. The van der Waals surface area contributed by atoms with Crippen molar-refractivity contribution in [3.05, 3.63) is 58.9 Å². The normalized spacial score (nSPS) is 12.0. The number of aliphatic hydroxyl groups is 1. The molecule has 3 nitrogen and oxygen atoms in total. The highest BCUT2D eigenvalue weighted by Gasteiger charge is 2.08. The summed E-state index contributed by atoms with van der Waals surface area (Å²) in [6, 6.07) is 11.7. The van der Waals surface area contributed by atoms with Crippen molar-refractivity contribution in [2.45, 2.75) is 13.0 Å². The zero-order valence-electron chi connectivity index (χ0n) is 11.6. The van der Waals surface area contributed by atoms with Crippen LogP contribution in [0.1, 0.15) is 5.56 Å². The molecule has 0 aliphatic heterocycles. The number of aliphatic hydroxyl groups excluding tert-OH is 1. The van der Waals surface area contributed by atoms with Gasteiger partial charge < -0.3 is 15.2 Å². The lowest BCUT2D eigenvalue weighted by Gasteiger charge is -2.14. The highest BCUT2D eigenvalue weighted by atomic mass is 35.5. The summed E-state index contributed by atoms with van der Waals surface area (Å²) in [7, 11) is 0. The number of anilines is 1. The van der Waals surface area contributed by atoms with E-state index < -0.39 is 11.9 Å². The van der Waals surface area contributed by atoms with E-state index in [2.05, 4.69) is 5.32 Å². The van der Waals surface area contributed by atoms with Gasteiger partial charge in [0.25, 0.3) is 0 Å². The topological polar surface area (TPSA) is 41.5 Å². The van der Waals surface area contributed by atoms with E-state index in [0.29, 0.717) is 5.02 Å². The van der Waals surface area contributed by atoms with Crippen LogP contribution in [0.5, 0.6) is 5.75 Å². The van der Waals surface area contributed by atoms with Gasteiger partial charge in [-0.1, -0.05) is 29.8 Å². The molecule has 0 amide bonds. The second kappa shape index (κ2) is 7.29. The van der Waals surface area contributed by atoms with Gasteiger partial charge >= 0.3 is 0 Å². The molecule has 2 N–H and O–H groups in total. The van der Waals surface area contributed by atoms with E-state index in [1.54, 1.807) is 18.2 Å². The van der Waals surface area contributed by atoms with Crippen molar-refractivity contribution in [3.63, 3.8) is 0 Å². The van der Waals surface area contributed by atoms with Crippen LogP contribution in [0.15, 0.2) is 42.5 Å². The molecule has 0 aliphatic carbocycles. The highest BCUT2D eigenvalue weighted by Crippen LogP contribution is 2.20. The van der Waals surface area contributed by atoms with Crippen molar-refractivity contribution in [1.82, 2.24) is 0 Å². The first-order chi connectivity index (χ1) is 10.1. The third-order valence-electron chi connectivity index (χ3n) is 2.98. The minimum Gasteiger partial charge on any atom is -0.488 e. The number of hydrogen-bond donors (Lipinski definition) is 2. The second-order valence-electron chi connectivity index (χ2n) is 4.74. The molecule has 0 aromatic heterocycles. The van der Waals surface area contributed by atoms with Crippen LogP contribution < -0.4 is 10.1 Å². The average Bonchev–Trinajstić information content (AvgIpc) is 2.47. The van der Waals surface area contributed by atoms with Gasteiger partial charge in [-0.25, -0.2) is 4.39 Å². The zero-order valence-corrected chi connectivity index (χ0v) is 12.4. The van der Waals surface area contributed by atoms with E-state index in [9.17, 15) is 9.50 Å². The Kier molecular flexibility index (Phi) is 5.42. The molecular weight excluding hydrogens is 293 g/mol. The van der Waals surface area contributed by atoms with Gasteiger partial charge in [0.05, 0.1) is 0 Å². The molecule has 2 rings (SSSR count). The molecule has 2 aromatic rings. The van der Waals surface area contributed by atoms with Gasteiger partial charge in [0, 0.05) is 17.3 Å². The zero-order chi connectivity index (χ0) is 15.2. The quantitative estimate of drug-likeness (QED) is 0.856. The van der Waals surface area contributed by atoms with Crippen LogP contribution in [-0.4, -0.2) is 24.4 Å². The Morgan fingerprint density at radius 2 is 2.05 bits per heavy atom. The van der Waals surface area contributed by atoms with Crippen LogP contribution in [0.2, 0.25) is 5.02 Å². The van der Waals surface area contributed by atoms with Crippen LogP contribution in [0.25, 0.3) is 0 Å². The van der Waals surface area contributed by atoms with E-state index in [1.165, 1.54) is 12.1 Å². The molecule has 0 saturated heterocycles. The van der Waals surface area contributed by atoms with Crippen molar-refractivity contribution < 1.29 is 14.2 Å². The standard InChI is InChI=1S/C16H17ClFNO2/c1-11-6-7-12(8-14(11)17)19-9-13(20)10-21-16-5-3-2-4-15(16)18/h2-8,13,19-20H,9-10H2,1H3. The first-order valence-electron chi connectivity index (χ1n) is 6.61. The predicted octanol–water partition coefficient (Wildman–Crippen LogP) is 3.64. The number of hydrogen-bond acceptors (Lipinski definition) is 3. The molecule has 0 spiro atoms. The van der Waals surface area contributed by atoms with E-state index in [4.69, 9.17) is 16.3 Å². The van der Waals surface area contributed by atoms with Gasteiger partial charge in [-0.3, -0.25) is 0 Å². The summed E-state index contributed by atoms with van der Waals surface area (Å²) in [5.41, 5.74) is 1.81. The molecule has 21 heavy (non-hydrogen) atoms. The lowest BCUT2D eigenvalue weighted by molar-refractivity contribution is 0.115. The molecule has 0 bridgehead atoms. The maximum atomic E-state index is 13.3. The largest absolute Gasteiger partial charge is 0.488 e. The van der Waals surface area contributed by atoms with Crippen LogP contribution in [0, 0.1) is 12.7 Å². The Morgan fingerprint density at radius 1 is 1.29 bits per heavy atom. The summed E-state index contributed by atoms with van der Waals surface area (Å²) < 4.78 is 18.6. The van der Waals surface area contributed by atoms with Crippen molar-refractivity contribution in [2.75, 3.05) is 18.5 Å².